The summed E-state index contributed by atoms with van der Waals surface area (Å²) in [5.74, 6) is -3.17. The van der Waals surface area contributed by atoms with Crippen LogP contribution in [0.3, 0.4) is 0 Å². The van der Waals surface area contributed by atoms with Gasteiger partial charge in [0.2, 0.25) is 5.91 Å². The number of aliphatic carboxylic acids is 1. The Kier molecular flexibility index (Phi) is 12.8. The normalized spacial score (nSPS) is 14.1. The summed E-state index contributed by atoms with van der Waals surface area (Å²) in [7, 11) is 0. The highest BCUT2D eigenvalue weighted by Gasteiger charge is 2.38. The van der Waals surface area contributed by atoms with E-state index in [0.29, 0.717) is 32.7 Å². The van der Waals surface area contributed by atoms with Gasteiger partial charge in [0.1, 0.15) is 0 Å². The van der Waals surface area contributed by atoms with Crippen molar-refractivity contribution < 1.29 is 50.6 Å². The van der Waals surface area contributed by atoms with Gasteiger partial charge >= 0.3 is 18.3 Å². The Morgan fingerprint density at radius 3 is 2.03 bits per heavy atom. The summed E-state index contributed by atoms with van der Waals surface area (Å²) in [6.45, 7) is 7.61. The van der Waals surface area contributed by atoms with Crippen LogP contribution in [-0.2, 0) is 20.5 Å². The fourth-order valence-corrected chi connectivity index (χ4v) is 3.18. The Balaban J connectivity index is 0.000000856. The highest BCUT2D eigenvalue weighted by molar-refractivity contribution is 5.94. The highest BCUT2D eigenvalue weighted by Crippen LogP contribution is 2.29. The third kappa shape index (κ3) is 12.3. The molecule has 1 saturated heterocycles. The molecular weight excluding hydrogens is 512 g/mol. The summed E-state index contributed by atoms with van der Waals surface area (Å²) in [5.41, 5.74) is -0.632. The SMILES string of the molecule is CC(C)OCCCN(CCC(=O)N1CCNCC1)C(=O)c1ccc(C(F)(F)F)cc1.O=C(O)C(F)(F)F. The molecule has 2 rings (SSSR count). The number of halogens is 6. The Bertz CT molecular complexity index is 869. The quantitative estimate of drug-likeness (QED) is 0.366. The van der Waals surface area contributed by atoms with Crippen molar-refractivity contribution in [3.8, 4) is 0 Å². The minimum atomic E-state index is -5.08. The second-order valence-corrected chi connectivity index (χ2v) is 8.32. The minimum absolute atomic E-state index is 0.0276. The molecule has 0 aliphatic carbocycles. The van der Waals surface area contributed by atoms with E-state index in [4.69, 9.17) is 14.6 Å². The number of amides is 2. The maximum Gasteiger partial charge on any atom is 0.490 e. The van der Waals surface area contributed by atoms with Crippen molar-refractivity contribution in [1.82, 2.24) is 15.1 Å². The Hall–Kier alpha value is -2.87. The molecule has 0 atom stereocenters. The van der Waals surface area contributed by atoms with Gasteiger partial charge in [0.15, 0.2) is 0 Å². The first kappa shape index (κ1) is 32.2. The van der Waals surface area contributed by atoms with E-state index in [0.717, 1.165) is 25.2 Å². The molecule has 1 fully saturated rings. The second kappa shape index (κ2) is 14.8. The fraction of sp³-hybridized carbons (Fsp3) is 0.609. The number of ether oxygens (including phenoxy) is 1. The number of piperazine rings is 1. The lowest BCUT2D eigenvalue weighted by Crippen LogP contribution is -2.47. The van der Waals surface area contributed by atoms with Crippen LogP contribution in [0.4, 0.5) is 26.3 Å². The summed E-state index contributed by atoms with van der Waals surface area (Å²) < 4.78 is 75.6. The lowest BCUT2D eigenvalue weighted by Gasteiger charge is -2.29. The van der Waals surface area contributed by atoms with Gasteiger partial charge in [0.25, 0.3) is 5.91 Å². The van der Waals surface area contributed by atoms with Gasteiger partial charge in [-0.3, -0.25) is 9.59 Å². The predicted octanol–water partition coefficient (Wildman–Crippen LogP) is 3.42. The molecule has 37 heavy (non-hydrogen) atoms. The summed E-state index contributed by atoms with van der Waals surface area (Å²) in [6, 6.07) is 4.17. The molecule has 2 amide bonds. The number of carbonyl (C=O) groups excluding carboxylic acids is 2. The van der Waals surface area contributed by atoms with E-state index in [1.165, 1.54) is 17.0 Å². The maximum absolute atomic E-state index is 12.9. The first-order valence-corrected chi connectivity index (χ1v) is 11.5. The van der Waals surface area contributed by atoms with Crippen LogP contribution in [0.15, 0.2) is 24.3 Å². The number of carboxylic acids is 1. The van der Waals surface area contributed by atoms with E-state index < -0.39 is 23.9 Å². The lowest BCUT2D eigenvalue weighted by atomic mass is 10.1. The zero-order valence-electron chi connectivity index (χ0n) is 20.5. The molecule has 1 aliphatic rings. The third-order valence-electron chi connectivity index (χ3n) is 5.08. The molecule has 0 aromatic heterocycles. The van der Waals surface area contributed by atoms with Crippen molar-refractivity contribution in [2.24, 2.45) is 0 Å². The molecule has 14 heteroatoms. The van der Waals surface area contributed by atoms with Gasteiger partial charge in [-0.25, -0.2) is 4.79 Å². The number of rotatable bonds is 9. The van der Waals surface area contributed by atoms with Crippen LogP contribution in [0.5, 0.6) is 0 Å². The summed E-state index contributed by atoms with van der Waals surface area (Å²) >= 11 is 0. The van der Waals surface area contributed by atoms with Crippen molar-refractivity contribution in [2.75, 3.05) is 45.9 Å². The van der Waals surface area contributed by atoms with Crippen LogP contribution >= 0.6 is 0 Å². The van der Waals surface area contributed by atoms with Crippen LogP contribution in [0.25, 0.3) is 0 Å². The van der Waals surface area contributed by atoms with Crippen LogP contribution in [0.1, 0.15) is 42.6 Å². The summed E-state index contributed by atoms with van der Waals surface area (Å²) in [5, 5.41) is 10.3. The van der Waals surface area contributed by atoms with Gasteiger partial charge in [0.05, 0.1) is 11.7 Å². The van der Waals surface area contributed by atoms with Crippen molar-refractivity contribution in [2.45, 2.75) is 45.1 Å². The molecule has 8 nitrogen and oxygen atoms in total. The van der Waals surface area contributed by atoms with E-state index in [1.807, 2.05) is 13.8 Å². The maximum atomic E-state index is 12.9. The molecule has 2 N–H and O–H groups in total. The van der Waals surface area contributed by atoms with Gasteiger partial charge in [-0.1, -0.05) is 0 Å². The number of carbonyl (C=O) groups is 3. The monoisotopic (exact) mass is 543 g/mol. The van der Waals surface area contributed by atoms with Crippen LogP contribution in [0, 0.1) is 0 Å². The zero-order chi connectivity index (χ0) is 28.2. The smallest absolute Gasteiger partial charge is 0.475 e. The molecule has 1 heterocycles. The Morgan fingerprint density at radius 1 is 1.03 bits per heavy atom. The zero-order valence-corrected chi connectivity index (χ0v) is 20.5. The second-order valence-electron chi connectivity index (χ2n) is 8.32. The van der Waals surface area contributed by atoms with Gasteiger partial charge in [-0.05, 0) is 44.5 Å². The largest absolute Gasteiger partial charge is 0.490 e. The van der Waals surface area contributed by atoms with E-state index in [1.54, 1.807) is 4.90 Å². The lowest BCUT2D eigenvalue weighted by molar-refractivity contribution is -0.192. The predicted molar refractivity (Wildman–Crippen MR) is 121 cm³/mol. The van der Waals surface area contributed by atoms with Crippen molar-refractivity contribution >= 4 is 17.8 Å². The molecule has 1 aromatic rings. The minimum Gasteiger partial charge on any atom is -0.475 e. The van der Waals surface area contributed by atoms with Crippen molar-refractivity contribution in [3.05, 3.63) is 35.4 Å². The van der Waals surface area contributed by atoms with Gasteiger partial charge in [-0.2, -0.15) is 26.3 Å². The van der Waals surface area contributed by atoms with E-state index in [9.17, 15) is 35.9 Å². The fourth-order valence-electron chi connectivity index (χ4n) is 3.18. The van der Waals surface area contributed by atoms with Crippen molar-refractivity contribution in [3.63, 3.8) is 0 Å². The molecule has 0 radical (unpaired) electrons. The molecule has 1 aromatic carbocycles. The van der Waals surface area contributed by atoms with E-state index in [-0.39, 0.29) is 36.4 Å². The summed E-state index contributed by atoms with van der Waals surface area (Å²) in [6.07, 6.45) is -8.71. The number of hydrogen-bond donors (Lipinski definition) is 2. The molecule has 0 bridgehead atoms. The molecule has 1 aliphatic heterocycles. The van der Waals surface area contributed by atoms with Crippen LogP contribution in [-0.4, -0.2) is 90.8 Å². The molecular formula is C23H31F6N3O5. The first-order valence-electron chi connectivity index (χ1n) is 11.5. The number of nitrogens with one attached hydrogen (secondary N) is 1. The Labute approximate surface area is 210 Å². The third-order valence-corrected chi connectivity index (χ3v) is 5.08. The molecule has 0 unspecified atom stereocenters. The first-order chi connectivity index (χ1) is 17.1. The Morgan fingerprint density at radius 2 is 1.57 bits per heavy atom. The molecule has 0 spiro atoms. The number of benzene rings is 1. The molecule has 0 saturated carbocycles. The molecule has 210 valence electrons. The van der Waals surface area contributed by atoms with Crippen LogP contribution in [0.2, 0.25) is 0 Å². The van der Waals surface area contributed by atoms with Crippen molar-refractivity contribution in [1.29, 1.82) is 0 Å². The van der Waals surface area contributed by atoms with Gasteiger partial charge < -0.3 is 25.0 Å². The summed E-state index contributed by atoms with van der Waals surface area (Å²) in [4.78, 5) is 37.5. The van der Waals surface area contributed by atoms with Crippen LogP contribution < -0.4 is 5.32 Å². The highest BCUT2D eigenvalue weighted by atomic mass is 19.4. The standard InChI is InChI=1S/C21H30F3N3O3.C2HF3O2/c1-16(2)30-15-3-11-27(12-8-19(28)26-13-9-25-10-14-26)20(29)17-4-6-18(7-5-17)21(22,23)24;3-2(4,5)1(6)7/h4-7,16,25H,3,8-15H2,1-2H3;(H,6,7). The number of hydrogen-bond acceptors (Lipinski definition) is 5. The average Bonchev–Trinajstić information content (AvgIpc) is 2.82. The topological polar surface area (TPSA) is 99.2 Å². The number of alkyl halides is 6. The number of nitrogens with zero attached hydrogens (tertiary/aromatic N) is 2. The van der Waals surface area contributed by atoms with Gasteiger partial charge in [-0.15, -0.1) is 0 Å². The average molecular weight is 544 g/mol. The number of carboxylic acid groups (broad SMARTS) is 1. The van der Waals surface area contributed by atoms with E-state index >= 15 is 0 Å². The van der Waals surface area contributed by atoms with Gasteiger partial charge in [0, 0.05) is 57.9 Å². The van der Waals surface area contributed by atoms with E-state index in [2.05, 4.69) is 5.32 Å².